The number of benzene rings is 1. The van der Waals surface area contributed by atoms with Crippen LogP contribution in [0.5, 0.6) is 0 Å². The average Bonchev–Trinajstić information content (AvgIpc) is 2.30. The van der Waals surface area contributed by atoms with Crippen LogP contribution in [0, 0.1) is 13.8 Å². The predicted octanol–water partition coefficient (Wildman–Crippen LogP) is -0.990. The molecule has 0 aromatic heterocycles. The molecule has 7 nitrogen and oxygen atoms in total. The second-order valence-electron chi connectivity index (χ2n) is 4.24. The number of sulfonamides is 1. The number of nitrogen functional groups attached to an aromatic ring is 1. The van der Waals surface area contributed by atoms with Gasteiger partial charge in [-0.2, -0.15) is 0 Å². The molecule has 0 saturated carbocycles. The van der Waals surface area contributed by atoms with E-state index in [0.717, 1.165) is 11.1 Å². The number of nitrogens with two attached hydrogens (primary N) is 2. The SMILES string of the molecule is Cc1cc(N)c(S(=O)(=O)NCC(O)C(N)=O)cc1C. The maximum absolute atomic E-state index is 12.0. The number of aryl methyl sites for hydroxylation is 2. The summed E-state index contributed by atoms with van der Waals surface area (Å²) >= 11 is 0. The predicted molar refractivity (Wildman–Crippen MR) is 70.7 cm³/mol. The molecule has 0 radical (unpaired) electrons. The maximum Gasteiger partial charge on any atom is 0.247 e. The molecule has 106 valence electrons. The molecule has 0 aliphatic rings. The van der Waals surface area contributed by atoms with Gasteiger partial charge in [-0.25, -0.2) is 13.1 Å². The molecule has 0 aliphatic heterocycles. The molecule has 1 aromatic carbocycles. The van der Waals surface area contributed by atoms with Crippen molar-refractivity contribution in [2.45, 2.75) is 24.8 Å². The van der Waals surface area contributed by atoms with Crippen LogP contribution in [0.1, 0.15) is 11.1 Å². The molecule has 8 heteroatoms. The van der Waals surface area contributed by atoms with E-state index in [4.69, 9.17) is 11.5 Å². The monoisotopic (exact) mass is 287 g/mol. The summed E-state index contributed by atoms with van der Waals surface area (Å²) in [6.07, 6.45) is -1.58. The lowest BCUT2D eigenvalue weighted by Gasteiger charge is -2.12. The van der Waals surface area contributed by atoms with E-state index in [9.17, 15) is 18.3 Å². The number of aliphatic hydroxyl groups is 1. The smallest absolute Gasteiger partial charge is 0.247 e. The van der Waals surface area contributed by atoms with Crippen molar-refractivity contribution < 1.29 is 18.3 Å². The molecule has 0 fully saturated rings. The summed E-state index contributed by atoms with van der Waals surface area (Å²) in [5.74, 6) is -1.00. The third-order valence-corrected chi connectivity index (χ3v) is 4.19. The average molecular weight is 287 g/mol. The number of amides is 1. The van der Waals surface area contributed by atoms with Crippen molar-refractivity contribution in [3.63, 3.8) is 0 Å². The third-order valence-electron chi connectivity index (χ3n) is 2.71. The summed E-state index contributed by atoms with van der Waals surface area (Å²) in [4.78, 5) is 10.5. The van der Waals surface area contributed by atoms with Crippen LogP contribution in [-0.4, -0.2) is 32.1 Å². The number of aliphatic hydroxyl groups excluding tert-OH is 1. The van der Waals surface area contributed by atoms with E-state index >= 15 is 0 Å². The lowest BCUT2D eigenvalue weighted by atomic mass is 10.1. The van der Waals surface area contributed by atoms with E-state index < -0.39 is 28.6 Å². The molecule has 1 aromatic rings. The summed E-state index contributed by atoms with van der Waals surface area (Å²) in [7, 11) is -3.90. The number of hydrogen-bond acceptors (Lipinski definition) is 5. The zero-order valence-corrected chi connectivity index (χ0v) is 11.5. The Morgan fingerprint density at radius 3 is 2.42 bits per heavy atom. The lowest BCUT2D eigenvalue weighted by Crippen LogP contribution is -2.40. The van der Waals surface area contributed by atoms with Gasteiger partial charge in [0.2, 0.25) is 15.9 Å². The molecule has 0 bridgehead atoms. The van der Waals surface area contributed by atoms with Crippen molar-refractivity contribution in [3.05, 3.63) is 23.3 Å². The molecule has 1 unspecified atom stereocenters. The number of primary amides is 1. The molecule has 0 saturated heterocycles. The Hall–Kier alpha value is -1.64. The van der Waals surface area contributed by atoms with Gasteiger partial charge in [0.1, 0.15) is 11.0 Å². The van der Waals surface area contributed by atoms with Gasteiger partial charge in [0.25, 0.3) is 0 Å². The molecule has 0 heterocycles. The van der Waals surface area contributed by atoms with Gasteiger partial charge in [-0.1, -0.05) is 0 Å². The fourth-order valence-corrected chi connectivity index (χ4v) is 2.65. The Balaban J connectivity index is 3.01. The summed E-state index contributed by atoms with van der Waals surface area (Å²) in [6, 6.07) is 2.98. The van der Waals surface area contributed by atoms with E-state index in [0.29, 0.717) is 0 Å². The van der Waals surface area contributed by atoms with Crippen molar-refractivity contribution in [2.75, 3.05) is 12.3 Å². The second kappa shape index (κ2) is 5.55. The summed E-state index contributed by atoms with van der Waals surface area (Å²) < 4.78 is 26.1. The number of anilines is 1. The van der Waals surface area contributed by atoms with Crippen molar-refractivity contribution in [3.8, 4) is 0 Å². The van der Waals surface area contributed by atoms with Crippen molar-refractivity contribution >= 4 is 21.6 Å². The quantitative estimate of drug-likeness (QED) is 0.516. The van der Waals surface area contributed by atoms with E-state index in [1.165, 1.54) is 6.07 Å². The Bertz CT molecular complexity index is 598. The molecular weight excluding hydrogens is 270 g/mol. The van der Waals surface area contributed by atoms with Crippen LogP contribution in [0.4, 0.5) is 5.69 Å². The zero-order valence-electron chi connectivity index (χ0n) is 10.7. The largest absolute Gasteiger partial charge is 0.398 e. The van der Waals surface area contributed by atoms with Crippen LogP contribution in [0.15, 0.2) is 17.0 Å². The van der Waals surface area contributed by atoms with Gasteiger partial charge in [-0.15, -0.1) is 0 Å². The molecular formula is C11H17N3O4S. The molecule has 1 amide bonds. The Labute approximate surface area is 111 Å². The summed E-state index contributed by atoms with van der Waals surface area (Å²) in [5.41, 5.74) is 12.2. The number of nitrogens with one attached hydrogen (secondary N) is 1. The molecule has 19 heavy (non-hydrogen) atoms. The van der Waals surface area contributed by atoms with Crippen LogP contribution in [-0.2, 0) is 14.8 Å². The minimum absolute atomic E-state index is 0.0905. The molecule has 1 rings (SSSR count). The maximum atomic E-state index is 12.0. The van der Waals surface area contributed by atoms with E-state index in [2.05, 4.69) is 4.72 Å². The van der Waals surface area contributed by atoms with Crippen molar-refractivity contribution in [1.82, 2.24) is 4.72 Å². The van der Waals surface area contributed by atoms with Gasteiger partial charge in [-0.05, 0) is 37.1 Å². The van der Waals surface area contributed by atoms with Gasteiger partial charge >= 0.3 is 0 Å². The lowest BCUT2D eigenvalue weighted by molar-refractivity contribution is -0.125. The number of carbonyl (C=O) groups excluding carboxylic acids is 1. The van der Waals surface area contributed by atoms with Crippen LogP contribution in [0.25, 0.3) is 0 Å². The van der Waals surface area contributed by atoms with Crippen LogP contribution in [0.2, 0.25) is 0 Å². The van der Waals surface area contributed by atoms with Crippen molar-refractivity contribution in [2.24, 2.45) is 5.73 Å². The van der Waals surface area contributed by atoms with Crippen LogP contribution in [0.3, 0.4) is 0 Å². The number of rotatable bonds is 5. The first kappa shape index (κ1) is 15.4. The van der Waals surface area contributed by atoms with E-state index in [1.807, 2.05) is 6.92 Å². The highest BCUT2D eigenvalue weighted by molar-refractivity contribution is 7.89. The number of carbonyl (C=O) groups is 1. The van der Waals surface area contributed by atoms with Gasteiger partial charge < -0.3 is 16.6 Å². The number of hydrogen-bond donors (Lipinski definition) is 4. The van der Waals surface area contributed by atoms with Gasteiger partial charge in [0, 0.05) is 6.54 Å². The first-order chi connectivity index (χ1) is 8.65. The summed E-state index contributed by atoms with van der Waals surface area (Å²) in [5, 5.41) is 9.17. The fourth-order valence-electron chi connectivity index (χ4n) is 1.41. The highest BCUT2D eigenvalue weighted by Gasteiger charge is 2.21. The van der Waals surface area contributed by atoms with Gasteiger partial charge in [0.05, 0.1) is 5.69 Å². The summed E-state index contributed by atoms with van der Waals surface area (Å²) in [6.45, 7) is 3.07. The molecule has 1 atom stereocenters. The topological polar surface area (TPSA) is 136 Å². The molecule has 0 aliphatic carbocycles. The van der Waals surface area contributed by atoms with Gasteiger partial charge in [0.15, 0.2) is 0 Å². The normalized spacial score (nSPS) is 13.2. The van der Waals surface area contributed by atoms with E-state index in [1.54, 1.807) is 13.0 Å². The highest BCUT2D eigenvalue weighted by atomic mass is 32.2. The van der Waals surface area contributed by atoms with Crippen molar-refractivity contribution in [1.29, 1.82) is 0 Å². The Kier molecular flexibility index (Phi) is 4.51. The molecule has 0 spiro atoms. The van der Waals surface area contributed by atoms with Crippen LogP contribution < -0.4 is 16.2 Å². The highest BCUT2D eigenvalue weighted by Crippen LogP contribution is 2.22. The van der Waals surface area contributed by atoms with Crippen LogP contribution >= 0.6 is 0 Å². The second-order valence-corrected chi connectivity index (χ2v) is 5.98. The minimum Gasteiger partial charge on any atom is -0.398 e. The fraction of sp³-hybridized carbons (Fsp3) is 0.364. The molecule has 6 N–H and O–H groups in total. The third kappa shape index (κ3) is 3.66. The zero-order chi connectivity index (χ0) is 14.8. The minimum atomic E-state index is -3.90. The first-order valence-electron chi connectivity index (χ1n) is 5.49. The van der Waals surface area contributed by atoms with Gasteiger partial charge in [-0.3, -0.25) is 4.79 Å². The Morgan fingerprint density at radius 1 is 1.37 bits per heavy atom. The van der Waals surface area contributed by atoms with E-state index in [-0.39, 0.29) is 10.6 Å². The standard InChI is InChI=1S/C11H17N3O4S/c1-6-3-8(12)10(4-7(6)2)19(17,18)14-5-9(15)11(13)16/h3-4,9,14-15H,5,12H2,1-2H3,(H2,13,16). The Morgan fingerprint density at radius 2 is 1.89 bits per heavy atom. The first-order valence-corrected chi connectivity index (χ1v) is 6.97.